The van der Waals surface area contributed by atoms with Gasteiger partial charge in [0.1, 0.15) is 13.0 Å². The molecule has 2 aromatic heterocycles. The van der Waals surface area contributed by atoms with Crippen LogP contribution >= 0.6 is 23.5 Å². The van der Waals surface area contributed by atoms with Crippen molar-refractivity contribution in [1.29, 1.82) is 0 Å². The van der Waals surface area contributed by atoms with E-state index in [0.29, 0.717) is 23.3 Å². The van der Waals surface area contributed by atoms with Crippen molar-refractivity contribution in [2.75, 3.05) is 66.4 Å². The van der Waals surface area contributed by atoms with E-state index in [1.165, 1.54) is 48.5 Å². The van der Waals surface area contributed by atoms with Gasteiger partial charge in [0.25, 0.3) is 0 Å². The van der Waals surface area contributed by atoms with Crippen LogP contribution in [0.25, 0.3) is 44.1 Å². The normalized spacial score (nSPS) is 25.9. The van der Waals surface area contributed by atoms with E-state index in [4.69, 9.17) is 46.5 Å². The molecule has 2 saturated heterocycles. The van der Waals surface area contributed by atoms with Gasteiger partial charge in [0.05, 0.1) is 84.3 Å². The molecule has 2 aliphatic heterocycles. The van der Waals surface area contributed by atoms with Crippen LogP contribution in [0.4, 0.5) is 43.9 Å². The molecule has 2 aliphatic rings. The number of halogens is 10. The maximum atomic E-state index is 16.1. The highest BCUT2D eigenvalue weighted by atomic mass is 32.2. The predicted octanol–water partition coefficient (Wildman–Crippen LogP) is 17.7. The third-order valence-corrected chi connectivity index (χ3v) is 16.8. The topological polar surface area (TPSA) is 110 Å². The van der Waals surface area contributed by atoms with Gasteiger partial charge < -0.3 is 38.2 Å². The fourth-order valence-corrected chi connectivity index (χ4v) is 11.4. The summed E-state index contributed by atoms with van der Waals surface area (Å²) in [5, 5.41) is -3.64. The number of thioether (sulfide) groups is 2. The Morgan fingerprint density at radius 1 is 0.585 bits per heavy atom. The lowest BCUT2D eigenvalue weighted by molar-refractivity contribution is -0.138. The molecule has 106 heavy (non-hydrogen) atoms. The number of piperidine rings is 2. The molecular formula is C82H80F10N6O6S2. The average Bonchev–Trinajstić information content (AvgIpc) is 0.654. The van der Waals surface area contributed by atoms with E-state index >= 15 is 14.0 Å². The molecule has 1 unspecified atom stereocenters. The number of fused-ring (bicyclic) bond motifs is 2. The minimum absolute atomic E-state index is 0.199. The zero-order chi connectivity index (χ0) is 115. The molecule has 0 saturated carbocycles. The zero-order valence-corrected chi connectivity index (χ0v) is 56.4. The van der Waals surface area contributed by atoms with Crippen molar-refractivity contribution in [2.24, 2.45) is 0 Å². The van der Waals surface area contributed by atoms with Gasteiger partial charge in [-0.05, 0) is 139 Å². The summed E-state index contributed by atoms with van der Waals surface area (Å²) < 4.78 is 547. The Balaban J connectivity index is 0.000000291. The van der Waals surface area contributed by atoms with Crippen LogP contribution < -0.4 is 10.9 Å². The largest absolute Gasteiger partial charge is 0.416 e. The maximum absolute atomic E-state index is 16.1. The van der Waals surface area contributed by atoms with E-state index in [0.717, 1.165) is 69.7 Å². The number of methoxy groups -OCH3 is 2. The molecule has 12 rings (SSSR count). The second-order valence-electron chi connectivity index (χ2n) is 21.6. The van der Waals surface area contributed by atoms with E-state index in [1.807, 2.05) is 0 Å². The molecule has 556 valence electrons. The van der Waals surface area contributed by atoms with Gasteiger partial charge in [-0.25, -0.2) is 17.6 Å². The number of aromatic nitrogens is 2. The summed E-state index contributed by atoms with van der Waals surface area (Å²) in [5.41, 5.74) is -14.9. The summed E-state index contributed by atoms with van der Waals surface area (Å²) in [7, 11) is 1.69. The van der Waals surface area contributed by atoms with E-state index in [2.05, 4.69) is 0 Å². The molecule has 2 fully saturated rings. The second kappa shape index (κ2) is 35.1. The number of carbonyl (C=O) groups excluding carboxylic acids is 2. The smallest absolute Gasteiger partial charge is 0.383 e. The summed E-state index contributed by atoms with van der Waals surface area (Å²) in [5.74, 6) is -13.8. The number of pyridine rings is 2. The quantitative estimate of drug-likeness (QED) is 0.0428. The summed E-state index contributed by atoms with van der Waals surface area (Å²) in [4.78, 5) is 56.5. The predicted molar refractivity (Wildman–Crippen MR) is 395 cm³/mol. The van der Waals surface area contributed by atoms with Gasteiger partial charge in [0, 0.05) is 145 Å². The SMILES string of the molecule is [2H]C([2H])(COC)N1C([2H])([2H])C([2H])([2H])C([2H])(N(C(=O)C([2H])([2H])n2c(SCc3cccc(F)c3F)cc(=O)c3ccccc32)C([2H])(C)c2ccc(-c3ccc(C(F)(F)F)cc3)cc2)C([2H])([2H])C1([2H])[2H].[2H]c1c([2H])c(F)c(F)c(CSc2c([2H])c(=O)c3c([2H])c([2H])c([2H])c([2H])c3n2C([2H])([2H])C(=O)N(C([2H])([2H])c2c([2H])c([2H])c(-c3c([2H])c([2H])c(C(F)(F)F)c([2H])c3[2H])c([2H])c2C)C2([2H])C([2H])([2H])C([2H])([2H])N(C([2H])([2H])COC)C([2H])([2H])C2([2H])[2H])c1[2H]. The molecule has 0 N–H and O–H groups in total. The first-order valence-electron chi connectivity index (χ1n) is 52.3. The van der Waals surface area contributed by atoms with E-state index in [-0.39, 0.29) is 48.8 Å². The molecular weight excluding hydrogens is 1420 g/mol. The Labute approximate surface area is 678 Å². The van der Waals surface area contributed by atoms with Crippen LogP contribution in [0.15, 0.2) is 207 Å². The minimum Gasteiger partial charge on any atom is -0.383 e. The number of benzene rings is 8. The highest BCUT2D eigenvalue weighted by Crippen LogP contribution is 2.37. The maximum Gasteiger partial charge on any atom is 0.416 e. The fraction of sp³-hybridized carbons (Fsp3) is 0.317. The average molecular weight is 1540 g/mol. The Bertz CT molecular complexity index is 7130. The lowest BCUT2D eigenvalue weighted by Crippen LogP contribution is -2.49. The molecule has 2 amide bonds. The number of hydrogen-bond donors (Lipinski definition) is 0. The third-order valence-electron chi connectivity index (χ3n) is 14.7. The highest BCUT2D eigenvalue weighted by Gasteiger charge is 2.35. The Hall–Kier alpha value is -9.04. The molecule has 24 heteroatoms. The first-order chi connectivity index (χ1) is 68.0. The standard InChI is InChI=1S/2C41H40F5N3O3S/c1-27(28-10-12-29(13-11-28)30-14-16-32(17-15-30)41(44,45)46)49(33-18-20-47(21-19-33)22-23-52-2)38(51)25-48-36-9-4-3-7-34(36)37(50)24-39(48)53-26-31-6-5-8-35(42)40(31)43;1-27-22-29(28-12-14-32(15-13-28)41(44,45)46)10-11-30(27)24-48(33-16-18-47(19-17-33)20-21-52-2)38(51)25-49-36-9-4-3-7-34(36)37(50)23-39(49)53-26-31-6-5-8-35(42)40(31)43/h3-17,24,27,33H,18-23,25-26H2,1-2H3;3-15,22-23,33H,16-21,24-26H2,1-2H3/i18D2,19D2,20D2,21D2,22D2,25D2,27D,33D;3D,4D,5D,6D,7D,8D,9D,10D,11D,12D,13D,14D,15D,16D2,17D2,18D2,19D2,20D2,22D,23D,24D2,25D2,33D. The third kappa shape index (κ3) is 19.0. The fourth-order valence-electron chi connectivity index (χ4n) is 9.52. The van der Waals surface area contributed by atoms with Crippen molar-refractivity contribution in [3.8, 4) is 22.3 Å². The second-order valence-corrected chi connectivity index (χ2v) is 23.6. The van der Waals surface area contributed by atoms with Crippen molar-refractivity contribution >= 4 is 57.1 Å². The number of alkyl halides is 6. The summed E-state index contributed by atoms with van der Waals surface area (Å²) in [6.45, 7) is -39.7. The van der Waals surface area contributed by atoms with Crippen molar-refractivity contribution < 1.29 is 123 Å². The van der Waals surface area contributed by atoms with E-state index in [9.17, 15) is 72.4 Å². The number of para-hydroxylation sites is 2. The monoisotopic (exact) mass is 1540 g/mol. The lowest BCUT2D eigenvalue weighted by atomic mass is 9.96. The van der Waals surface area contributed by atoms with Gasteiger partial charge in [-0.1, -0.05) is 115 Å². The number of likely N-dealkylation sites (tertiary alicyclic amines) is 2. The number of amides is 2. The lowest BCUT2D eigenvalue weighted by Gasteiger charge is -2.42. The first kappa shape index (κ1) is 39.2. The summed E-state index contributed by atoms with van der Waals surface area (Å²) >= 11 is 0.236. The Morgan fingerprint density at radius 2 is 1.16 bits per heavy atom. The number of hydrogen-bond acceptors (Lipinski definition) is 10. The van der Waals surface area contributed by atoms with Gasteiger partial charge in [0.15, 0.2) is 34.1 Å². The molecule has 0 aliphatic carbocycles. The van der Waals surface area contributed by atoms with Gasteiger partial charge in [0.2, 0.25) is 11.8 Å². The molecule has 0 spiro atoms. The van der Waals surface area contributed by atoms with Gasteiger partial charge in [-0.2, -0.15) is 26.3 Å². The number of carbonyl (C=O) groups is 2. The van der Waals surface area contributed by atoms with Crippen LogP contribution in [0, 0.1) is 30.2 Å². The van der Waals surface area contributed by atoms with Crippen molar-refractivity contribution in [1.82, 2.24) is 28.7 Å². The van der Waals surface area contributed by atoms with E-state index < -0.39 is 356 Å². The van der Waals surface area contributed by atoms with Crippen LogP contribution in [-0.4, -0.2) is 119 Å². The van der Waals surface area contributed by atoms with Crippen LogP contribution in [0.5, 0.6) is 0 Å². The van der Waals surface area contributed by atoms with E-state index in [1.54, 1.807) is 0 Å². The number of ether oxygens (including phenoxy) is 2. The molecule has 12 nitrogen and oxygen atoms in total. The zero-order valence-electron chi connectivity index (χ0n) is 98.8. The Morgan fingerprint density at radius 3 is 1.81 bits per heavy atom. The van der Waals surface area contributed by atoms with Crippen molar-refractivity contribution in [2.45, 2.75) is 111 Å². The molecule has 0 bridgehead atoms. The first-order valence-corrected chi connectivity index (χ1v) is 32.3. The van der Waals surface area contributed by atoms with Crippen molar-refractivity contribution in [3.05, 3.63) is 270 Å². The number of nitrogens with zero attached hydrogens (tertiary/aromatic N) is 6. The minimum atomic E-state index is -5.58. The van der Waals surface area contributed by atoms with Crippen LogP contribution in [0.2, 0.25) is 0 Å². The van der Waals surface area contributed by atoms with Gasteiger partial charge in [-0.3, -0.25) is 19.2 Å². The molecule has 1 atom stereocenters. The summed E-state index contributed by atoms with van der Waals surface area (Å²) in [6.07, 6.45) is -29.0. The van der Waals surface area contributed by atoms with Crippen LogP contribution in [-0.2, 0) is 62.4 Å². The molecule has 4 heterocycles. The molecule has 8 aromatic carbocycles. The molecule has 0 radical (unpaired) electrons. The number of rotatable bonds is 24. The molecule has 10 aromatic rings. The Kier molecular flexibility index (Phi) is 13.0. The van der Waals surface area contributed by atoms with Crippen LogP contribution in [0.3, 0.4) is 0 Å². The van der Waals surface area contributed by atoms with Crippen molar-refractivity contribution in [3.63, 3.8) is 0 Å². The van der Waals surface area contributed by atoms with Crippen LogP contribution in [0.1, 0.15) is 138 Å². The summed E-state index contributed by atoms with van der Waals surface area (Å²) in [6, 6.07) is -18.6. The van der Waals surface area contributed by atoms with Gasteiger partial charge in [-0.15, -0.1) is 23.5 Å². The van der Waals surface area contributed by atoms with Gasteiger partial charge >= 0.3 is 12.4 Å². The highest BCUT2D eigenvalue weighted by molar-refractivity contribution is 7.98.